The van der Waals surface area contributed by atoms with Crippen molar-refractivity contribution >= 4 is 11.9 Å². The number of esters is 1. The molecule has 6 heteroatoms. The Morgan fingerprint density at radius 3 is 2.40 bits per heavy atom. The molecule has 0 unspecified atom stereocenters. The summed E-state index contributed by atoms with van der Waals surface area (Å²) in [5.41, 5.74) is 4.62. The van der Waals surface area contributed by atoms with Gasteiger partial charge in [0.2, 0.25) is 0 Å². The van der Waals surface area contributed by atoms with Gasteiger partial charge in [0.15, 0.2) is 0 Å². The fraction of sp³-hybridized carbons (Fsp3) is 0.542. The topological polar surface area (TPSA) is 64.4 Å². The van der Waals surface area contributed by atoms with E-state index in [0.29, 0.717) is 18.9 Å². The highest BCUT2D eigenvalue weighted by molar-refractivity contribution is 5.94. The molecular formula is C24H33N3O3. The molecule has 162 valence electrons. The van der Waals surface area contributed by atoms with Crippen molar-refractivity contribution in [3.63, 3.8) is 0 Å². The molecule has 1 heterocycles. The molecule has 0 saturated heterocycles. The van der Waals surface area contributed by atoms with Gasteiger partial charge < -0.3 is 9.64 Å². The van der Waals surface area contributed by atoms with Crippen molar-refractivity contribution < 1.29 is 14.3 Å². The molecule has 0 radical (unpaired) electrons. The van der Waals surface area contributed by atoms with Crippen molar-refractivity contribution in [2.24, 2.45) is 0 Å². The first kappa shape index (κ1) is 22.1. The van der Waals surface area contributed by atoms with Crippen LogP contribution >= 0.6 is 0 Å². The fourth-order valence-corrected chi connectivity index (χ4v) is 4.49. The first-order valence-corrected chi connectivity index (χ1v) is 11.0. The minimum absolute atomic E-state index is 0.114. The summed E-state index contributed by atoms with van der Waals surface area (Å²) in [7, 11) is 1.41. The van der Waals surface area contributed by atoms with E-state index in [0.717, 1.165) is 47.6 Å². The van der Waals surface area contributed by atoms with Crippen LogP contribution in [0.1, 0.15) is 72.8 Å². The molecular weight excluding hydrogens is 378 g/mol. The lowest BCUT2D eigenvalue weighted by Crippen LogP contribution is -2.41. The Balaban J connectivity index is 1.77. The lowest BCUT2D eigenvalue weighted by atomic mass is 9.93. The van der Waals surface area contributed by atoms with E-state index in [2.05, 4.69) is 12.0 Å². The summed E-state index contributed by atoms with van der Waals surface area (Å²) in [6, 6.07) is 8.06. The molecule has 0 atom stereocenters. The Morgan fingerprint density at radius 1 is 1.13 bits per heavy atom. The number of nitrogens with zero attached hydrogens (tertiary/aromatic N) is 3. The van der Waals surface area contributed by atoms with Crippen LogP contribution in [0.15, 0.2) is 24.3 Å². The second-order valence-corrected chi connectivity index (χ2v) is 8.07. The van der Waals surface area contributed by atoms with E-state index in [1.54, 1.807) is 0 Å². The van der Waals surface area contributed by atoms with E-state index in [1.165, 1.54) is 26.4 Å². The third kappa shape index (κ3) is 4.74. The molecule has 30 heavy (non-hydrogen) atoms. The average Bonchev–Trinajstić information content (AvgIpc) is 3.06. The molecule has 1 aromatic carbocycles. The van der Waals surface area contributed by atoms with Crippen molar-refractivity contribution in [3.05, 3.63) is 46.8 Å². The monoisotopic (exact) mass is 411 g/mol. The maximum Gasteiger partial charge on any atom is 0.305 e. The van der Waals surface area contributed by atoms with Gasteiger partial charge in [-0.05, 0) is 69.9 Å². The van der Waals surface area contributed by atoms with E-state index >= 15 is 0 Å². The Kier molecular flexibility index (Phi) is 7.29. The molecule has 1 fully saturated rings. The fourth-order valence-electron chi connectivity index (χ4n) is 4.49. The third-order valence-electron chi connectivity index (χ3n) is 6.22. The van der Waals surface area contributed by atoms with Crippen LogP contribution in [-0.2, 0) is 16.0 Å². The number of carbonyl (C=O) groups excluding carboxylic acids is 2. The minimum atomic E-state index is -0.220. The first-order chi connectivity index (χ1) is 14.5. The van der Waals surface area contributed by atoms with Crippen molar-refractivity contribution in [1.29, 1.82) is 0 Å². The smallest absolute Gasteiger partial charge is 0.305 e. The molecule has 0 bridgehead atoms. The highest BCUT2D eigenvalue weighted by Gasteiger charge is 2.25. The maximum absolute atomic E-state index is 13.1. The molecule has 1 aliphatic rings. The van der Waals surface area contributed by atoms with Gasteiger partial charge in [0.25, 0.3) is 5.91 Å². The molecule has 3 rings (SSSR count). The average molecular weight is 412 g/mol. The van der Waals surface area contributed by atoms with Crippen LogP contribution in [-0.4, -0.2) is 46.3 Å². The number of aromatic nitrogens is 2. The Bertz CT molecular complexity index is 880. The summed E-state index contributed by atoms with van der Waals surface area (Å²) >= 11 is 0. The summed E-state index contributed by atoms with van der Waals surface area (Å²) in [6.07, 6.45) is 6.86. The minimum Gasteiger partial charge on any atom is -0.469 e. The van der Waals surface area contributed by atoms with E-state index in [9.17, 15) is 9.59 Å². The van der Waals surface area contributed by atoms with E-state index < -0.39 is 0 Å². The molecule has 0 spiro atoms. The highest BCUT2D eigenvalue weighted by atomic mass is 16.5. The van der Waals surface area contributed by atoms with Gasteiger partial charge in [0.05, 0.1) is 18.5 Å². The van der Waals surface area contributed by atoms with Crippen molar-refractivity contribution in [2.45, 2.75) is 71.8 Å². The maximum atomic E-state index is 13.1. The summed E-state index contributed by atoms with van der Waals surface area (Å²) in [4.78, 5) is 26.6. The van der Waals surface area contributed by atoms with Gasteiger partial charge in [-0.15, -0.1) is 0 Å². The van der Waals surface area contributed by atoms with Gasteiger partial charge in [-0.25, -0.2) is 4.68 Å². The van der Waals surface area contributed by atoms with Crippen LogP contribution < -0.4 is 0 Å². The van der Waals surface area contributed by atoms with E-state index in [4.69, 9.17) is 4.74 Å². The largest absolute Gasteiger partial charge is 0.469 e. The predicted molar refractivity (Wildman–Crippen MR) is 117 cm³/mol. The van der Waals surface area contributed by atoms with Gasteiger partial charge in [-0.1, -0.05) is 19.3 Å². The summed E-state index contributed by atoms with van der Waals surface area (Å²) in [5.74, 6) is -0.106. The summed E-state index contributed by atoms with van der Waals surface area (Å²) in [5, 5.41) is 4.65. The zero-order chi connectivity index (χ0) is 21.7. The predicted octanol–water partition coefficient (Wildman–Crippen LogP) is 4.39. The zero-order valence-corrected chi connectivity index (χ0v) is 18.6. The number of benzene rings is 1. The molecule has 1 aromatic heterocycles. The normalized spacial score (nSPS) is 14.5. The number of methoxy groups -OCH3 is 1. The molecule has 0 N–H and O–H groups in total. The van der Waals surface area contributed by atoms with Crippen LogP contribution in [0.2, 0.25) is 0 Å². The van der Waals surface area contributed by atoms with Crippen molar-refractivity contribution in [1.82, 2.24) is 14.7 Å². The number of hydrogen-bond donors (Lipinski definition) is 0. The first-order valence-electron chi connectivity index (χ1n) is 11.0. The number of ether oxygens (including phenoxy) is 1. The van der Waals surface area contributed by atoms with Crippen LogP contribution in [0.4, 0.5) is 0 Å². The van der Waals surface area contributed by atoms with Crippen LogP contribution in [0.3, 0.4) is 0 Å². The molecule has 1 saturated carbocycles. The number of carbonyl (C=O) groups is 2. The van der Waals surface area contributed by atoms with Crippen LogP contribution in [0, 0.1) is 13.8 Å². The third-order valence-corrected chi connectivity index (χ3v) is 6.22. The molecule has 6 nitrogen and oxygen atoms in total. The number of amides is 1. The van der Waals surface area contributed by atoms with Gasteiger partial charge in [-0.2, -0.15) is 5.10 Å². The van der Waals surface area contributed by atoms with Crippen LogP contribution in [0.25, 0.3) is 5.69 Å². The zero-order valence-electron chi connectivity index (χ0n) is 18.6. The molecule has 1 aliphatic carbocycles. The lowest BCUT2D eigenvalue weighted by Gasteiger charge is -2.33. The lowest BCUT2D eigenvalue weighted by molar-refractivity contribution is -0.140. The van der Waals surface area contributed by atoms with Crippen molar-refractivity contribution in [2.75, 3.05) is 13.7 Å². The number of hydrogen-bond acceptors (Lipinski definition) is 4. The highest BCUT2D eigenvalue weighted by Crippen LogP contribution is 2.25. The second kappa shape index (κ2) is 9.92. The Morgan fingerprint density at radius 2 is 1.80 bits per heavy atom. The number of aryl methyl sites for hydroxylation is 1. The second-order valence-electron chi connectivity index (χ2n) is 8.07. The molecule has 0 aliphatic heterocycles. The quantitative estimate of drug-likeness (QED) is 0.634. The Labute approximate surface area is 179 Å². The van der Waals surface area contributed by atoms with E-state index in [1.807, 2.05) is 47.7 Å². The SMILES string of the molecule is CCN(C(=O)c1ccc(-n2nc(C)c(CCC(=O)OC)c2C)cc1)C1CCCCC1. The summed E-state index contributed by atoms with van der Waals surface area (Å²) in [6.45, 7) is 6.77. The van der Waals surface area contributed by atoms with Gasteiger partial charge in [0, 0.05) is 30.3 Å². The van der Waals surface area contributed by atoms with Crippen LogP contribution in [0.5, 0.6) is 0 Å². The number of rotatable bonds is 7. The molecule has 1 amide bonds. The molecule has 2 aromatic rings. The van der Waals surface area contributed by atoms with Crippen molar-refractivity contribution in [3.8, 4) is 5.69 Å². The summed E-state index contributed by atoms with van der Waals surface area (Å²) < 4.78 is 6.63. The van der Waals surface area contributed by atoms with Gasteiger partial charge >= 0.3 is 5.97 Å². The van der Waals surface area contributed by atoms with E-state index in [-0.39, 0.29) is 11.9 Å². The Hall–Kier alpha value is -2.63. The standard InChI is InChI=1S/C24H33N3O3/c1-5-26(20-9-7-6-8-10-20)24(29)19-11-13-21(14-12-19)27-18(3)22(17(2)25-27)15-16-23(28)30-4/h11-14,20H,5-10,15-16H2,1-4H3. The van der Waals surface area contributed by atoms with Gasteiger partial charge in [0.1, 0.15) is 0 Å². The van der Waals surface area contributed by atoms with Gasteiger partial charge in [-0.3, -0.25) is 9.59 Å².